The molecule has 7 aromatic rings. The number of aromatic nitrogens is 4. The zero-order valence-electron chi connectivity index (χ0n) is 32.1. The molecule has 0 spiro atoms. The van der Waals surface area contributed by atoms with E-state index in [4.69, 9.17) is 97.8 Å². The van der Waals surface area contributed by atoms with Crippen molar-refractivity contribution in [3.8, 4) is 44.5 Å². The van der Waals surface area contributed by atoms with Crippen molar-refractivity contribution in [3.05, 3.63) is 160 Å². The predicted molar refractivity (Wildman–Crippen MR) is 253 cm³/mol. The first-order valence-corrected chi connectivity index (χ1v) is 22.0. The van der Waals surface area contributed by atoms with Gasteiger partial charge >= 0.3 is 17.8 Å². The third kappa shape index (κ3) is 6.58. The average Bonchev–Trinajstić information content (AvgIpc) is 4.09. The van der Waals surface area contributed by atoms with Crippen LogP contribution in [-0.2, 0) is 0 Å². The van der Waals surface area contributed by atoms with Crippen LogP contribution in [0.25, 0.3) is 89.9 Å². The lowest BCUT2D eigenvalue weighted by Gasteiger charge is -2.27. The summed E-state index contributed by atoms with van der Waals surface area (Å²) in [4.78, 5) is 15.9. The first-order valence-electron chi connectivity index (χ1n) is 19.0. The number of fused-ring (bicyclic) bond motifs is 10. The van der Waals surface area contributed by atoms with E-state index in [1.165, 1.54) is 60.7 Å². The molecule has 0 radical (unpaired) electrons. The molecule has 0 fully saturated rings. The van der Waals surface area contributed by atoms with E-state index in [0.717, 1.165) is 0 Å². The number of nitrogens with one attached hydrogen (secondary N) is 2. The standard InChI is InChI=1S/C47H20Cl8F6N4/c48-19-5-1-6-20(49)33(19)37-27-13-14-28(62-27)38(34-21(50)7-2-8-22(34)51)30-16-18-32(64-30)40(36-25(54)11-4-12-26(36)55)44-42-41(45(56,57)47(60,61)46(42,58)59)43(65-44)39(31-17-15-29(37)63-31)35-23(52)9-3-10-24(35)53/h1-18,63-64H. The number of rotatable bonds is 4. The second-order valence-corrected chi connectivity index (χ2v) is 18.2. The second-order valence-electron chi connectivity index (χ2n) is 15.0. The topological polar surface area (TPSA) is 57.4 Å². The number of hydrogen-bond acceptors (Lipinski definition) is 2. The van der Waals surface area contributed by atoms with Crippen molar-refractivity contribution in [2.75, 3.05) is 0 Å². The van der Waals surface area contributed by atoms with Crippen molar-refractivity contribution in [2.24, 2.45) is 0 Å². The number of hydrogen-bond donors (Lipinski definition) is 2. The molecule has 0 amide bonds. The molecule has 65 heavy (non-hydrogen) atoms. The van der Waals surface area contributed by atoms with Crippen molar-refractivity contribution >= 4 is 138 Å². The van der Waals surface area contributed by atoms with Crippen molar-refractivity contribution in [1.82, 2.24) is 19.9 Å². The number of H-pyrrole nitrogens is 2. The Balaban J connectivity index is 1.54. The molecule has 5 heterocycles. The highest BCUT2D eigenvalue weighted by molar-refractivity contribution is 6.42. The number of allylic oxidation sites excluding steroid dienone is 2. The third-order valence-electron chi connectivity index (χ3n) is 11.3. The van der Waals surface area contributed by atoms with Gasteiger partial charge in [-0.05, 0) is 84.9 Å². The van der Waals surface area contributed by atoms with E-state index in [2.05, 4.69) is 15.0 Å². The van der Waals surface area contributed by atoms with Crippen LogP contribution in [0.5, 0.6) is 0 Å². The highest BCUT2D eigenvalue weighted by Gasteiger charge is 2.82. The van der Waals surface area contributed by atoms with Gasteiger partial charge < -0.3 is 9.97 Å². The van der Waals surface area contributed by atoms with Gasteiger partial charge in [-0.25, -0.2) is 9.97 Å². The largest absolute Gasteiger partial charge is 0.380 e. The van der Waals surface area contributed by atoms with Crippen LogP contribution in [0.3, 0.4) is 0 Å². The van der Waals surface area contributed by atoms with Gasteiger partial charge in [0, 0.05) is 66.6 Å². The Morgan fingerprint density at radius 2 is 0.600 bits per heavy atom. The molecule has 0 atom stereocenters. The van der Waals surface area contributed by atoms with Crippen molar-refractivity contribution in [1.29, 1.82) is 0 Å². The highest BCUT2D eigenvalue weighted by atomic mass is 35.5. The van der Waals surface area contributed by atoms with Crippen LogP contribution in [0.15, 0.2) is 97.1 Å². The molecule has 2 N–H and O–H groups in total. The first kappa shape index (κ1) is 44.2. The van der Waals surface area contributed by atoms with Crippen LogP contribution in [0.1, 0.15) is 22.8 Å². The Hall–Kier alpha value is -4.62. The minimum atomic E-state index is -5.99. The summed E-state index contributed by atoms with van der Waals surface area (Å²) in [5, 5.41) is 0.0720. The molecule has 4 aromatic carbocycles. The van der Waals surface area contributed by atoms with Crippen LogP contribution >= 0.6 is 92.8 Å². The summed E-state index contributed by atoms with van der Waals surface area (Å²) in [6.45, 7) is 0. The fraction of sp³-hybridized carbons (Fsp3) is 0.0638. The zero-order valence-corrected chi connectivity index (χ0v) is 38.1. The van der Waals surface area contributed by atoms with E-state index in [-0.39, 0.29) is 107 Å². The quantitative estimate of drug-likeness (QED) is 0.173. The second kappa shape index (κ2) is 15.7. The van der Waals surface area contributed by atoms with Gasteiger partial charge in [-0.3, -0.25) is 0 Å². The minimum absolute atomic E-state index is 0.120. The van der Waals surface area contributed by atoms with E-state index in [0.29, 0.717) is 0 Å². The van der Waals surface area contributed by atoms with Gasteiger partial charge in [0.15, 0.2) is 0 Å². The smallest absolute Gasteiger partial charge is 0.354 e. The highest BCUT2D eigenvalue weighted by Crippen LogP contribution is 2.68. The summed E-state index contributed by atoms with van der Waals surface area (Å²) < 4.78 is 99.3. The Labute approximate surface area is 404 Å². The van der Waals surface area contributed by atoms with Gasteiger partial charge in [-0.15, -0.1) is 0 Å². The van der Waals surface area contributed by atoms with Crippen LogP contribution in [-0.4, -0.2) is 37.7 Å². The SMILES string of the molecule is FC1(F)C2=C(c3nc2c(-c2c(Cl)cccc2Cl)c2ccc([nH]2)c(-c2c(Cl)cccc2Cl)c2nc(c(-c4c(Cl)cccc4Cl)c4ccc([nH]4)c3-c3c(Cl)cccc3Cl)C=C2)C(F)(F)C1(F)F. The summed E-state index contributed by atoms with van der Waals surface area (Å²) >= 11 is 54.7. The molecule has 0 saturated heterocycles. The molecule has 8 bridgehead atoms. The van der Waals surface area contributed by atoms with Crippen molar-refractivity contribution in [3.63, 3.8) is 0 Å². The number of alkyl halides is 6. The maximum absolute atomic E-state index is 16.8. The van der Waals surface area contributed by atoms with Crippen LogP contribution < -0.4 is 0 Å². The van der Waals surface area contributed by atoms with Crippen molar-refractivity contribution in [2.45, 2.75) is 17.8 Å². The molecule has 18 heteroatoms. The Kier molecular flexibility index (Phi) is 10.7. The molecule has 3 aliphatic rings. The lowest BCUT2D eigenvalue weighted by atomic mass is 9.95. The molecule has 0 saturated carbocycles. The molecular weight excluding hydrogens is 1020 g/mol. The Morgan fingerprint density at radius 3 is 0.892 bits per heavy atom. The monoisotopic (exact) mass is 1030 g/mol. The maximum atomic E-state index is 16.8. The van der Waals surface area contributed by atoms with Crippen LogP contribution in [0.2, 0.25) is 40.2 Å². The van der Waals surface area contributed by atoms with E-state index < -0.39 is 51.4 Å². The van der Waals surface area contributed by atoms with Gasteiger partial charge in [-0.1, -0.05) is 117 Å². The maximum Gasteiger partial charge on any atom is 0.380 e. The Bertz CT molecular complexity index is 3190. The molecule has 2 aliphatic heterocycles. The van der Waals surface area contributed by atoms with E-state index >= 15 is 26.3 Å². The first-order chi connectivity index (χ1) is 30.8. The predicted octanol–water partition coefficient (Wildman–Crippen LogP) is 18.2. The Morgan fingerprint density at radius 1 is 0.338 bits per heavy atom. The fourth-order valence-corrected chi connectivity index (χ4v) is 10.8. The van der Waals surface area contributed by atoms with Gasteiger partial charge in [0.05, 0.1) is 74.1 Å². The number of nitrogens with zero attached hydrogens (tertiary/aromatic N) is 2. The molecule has 3 aromatic heterocycles. The van der Waals surface area contributed by atoms with Gasteiger partial charge in [-0.2, -0.15) is 26.3 Å². The molecule has 4 nitrogen and oxygen atoms in total. The zero-order chi connectivity index (χ0) is 46.1. The van der Waals surface area contributed by atoms with E-state index in [9.17, 15) is 0 Å². The molecule has 1 aliphatic carbocycles. The van der Waals surface area contributed by atoms with E-state index in [1.807, 2.05) is 0 Å². The number of benzene rings is 4. The van der Waals surface area contributed by atoms with E-state index in [1.54, 1.807) is 48.6 Å². The summed E-state index contributed by atoms with van der Waals surface area (Å²) in [7, 11) is 0. The molecular formula is C47H20Cl8F6N4. The average molecular weight is 1040 g/mol. The molecule has 10 rings (SSSR count). The van der Waals surface area contributed by atoms with Crippen LogP contribution in [0, 0.1) is 0 Å². The lowest BCUT2D eigenvalue weighted by molar-refractivity contribution is -0.254. The lowest BCUT2D eigenvalue weighted by Crippen LogP contribution is -2.49. The molecule has 0 unspecified atom stereocenters. The van der Waals surface area contributed by atoms with Crippen molar-refractivity contribution < 1.29 is 26.3 Å². The normalized spacial score (nSPS) is 15.8. The number of halogens is 14. The fourth-order valence-electron chi connectivity index (χ4n) is 8.47. The van der Waals surface area contributed by atoms with Crippen LogP contribution in [0.4, 0.5) is 26.3 Å². The minimum Gasteiger partial charge on any atom is -0.354 e. The summed E-state index contributed by atoms with van der Waals surface area (Å²) in [6.07, 6.45) is 3.35. The third-order valence-corrected chi connectivity index (χ3v) is 13.8. The summed E-state index contributed by atoms with van der Waals surface area (Å²) in [5.41, 5.74) is -5.00. The summed E-state index contributed by atoms with van der Waals surface area (Å²) in [5.74, 6) is -17.1. The summed E-state index contributed by atoms with van der Waals surface area (Å²) in [6, 6.07) is 23.8. The van der Waals surface area contributed by atoms with Gasteiger partial charge in [0.25, 0.3) is 0 Å². The van der Waals surface area contributed by atoms with Gasteiger partial charge in [0.2, 0.25) is 0 Å². The van der Waals surface area contributed by atoms with Gasteiger partial charge in [0.1, 0.15) is 0 Å². The molecule has 326 valence electrons. The number of aromatic amines is 2.